The van der Waals surface area contributed by atoms with Crippen molar-refractivity contribution < 1.29 is 14.0 Å². The minimum Gasteiger partial charge on any atom is -0.465 e. The van der Waals surface area contributed by atoms with Crippen molar-refractivity contribution in [1.82, 2.24) is 0 Å². The number of esters is 1. The smallest absolute Gasteiger partial charge is 0.337 e. The molecule has 0 radical (unpaired) electrons. The van der Waals surface area contributed by atoms with E-state index in [9.17, 15) is 4.79 Å². The molecular weight excluding hydrogens is 304 g/mol. The summed E-state index contributed by atoms with van der Waals surface area (Å²) >= 11 is 0. The van der Waals surface area contributed by atoms with E-state index in [0.29, 0.717) is 12.2 Å². The molecule has 0 heterocycles. The van der Waals surface area contributed by atoms with Crippen molar-refractivity contribution in [2.45, 2.75) is 51.7 Å². The molecule has 23 heavy (non-hydrogen) atoms. The van der Waals surface area contributed by atoms with Gasteiger partial charge in [0, 0.05) is 6.61 Å². The Morgan fingerprint density at radius 3 is 2.43 bits per heavy atom. The van der Waals surface area contributed by atoms with Crippen LogP contribution in [0.1, 0.15) is 42.3 Å². The fourth-order valence-corrected chi connectivity index (χ4v) is 3.14. The quantitative estimate of drug-likeness (QED) is 0.409. The zero-order valence-electron chi connectivity index (χ0n) is 15.4. The van der Waals surface area contributed by atoms with E-state index in [1.165, 1.54) is 12.7 Å². The van der Waals surface area contributed by atoms with Gasteiger partial charge in [-0.05, 0) is 54.2 Å². The van der Waals surface area contributed by atoms with Gasteiger partial charge in [0.2, 0.25) is 0 Å². The monoisotopic (exact) mass is 334 g/mol. The molecule has 0 atom stereocenters. The average molecular weight is 335 g/mol. The maximum Gasteiger partial charge on any atom is 0.337 e. The average Bonchev–Trinajstić information content (AvgIpc) is 2.47. The Bertz CT molecular complexity index is 556. The van der Waals surface area contributed by atoms with Crippen LogP contribution >= 0.6 is 0 Å². The third-order valence-electron chi connectivity index (χ3n) is 4.63. The van der Waals surface area contributed by atoms with Crippen molar-refractivity contribution >= 4 is 14.3 Å². The fourth-order valence-electron chi connectivity index (χ4n) is 2.09. The van der Waals surface area contributed by atoms with Gasteiger partial charge in [0.25, 0.3) is 0 Å². The number of hydrogen-bond donors (Lipinski definition) is 0. The normalized spacial score (nSPS) is 12.1. The lowest BCUT2D eigenvalue weighted by Crippen LogP contribution is -2.41. The topological polar surface area (TPSA) is 35.5 Å². The summed E-state index contributed by atoms with van der Waals surface area (Å²) in [6.07, 6.45) is 3.46. The van der Waals surface area contributed by atoms with E-state index < -0.39 is 8.32 Å². The van der Waals surface area contributed by atoms with Gasteiger partial charge in [0.05, 0.1) is 12.7 Å². The van der Waals surface area contributed by atoms with Crippen molar-refractivity contribution in [2.24, 2.45) is 0 Å². The maximum atomic E-state index is 11.7. The summed E-state index contributed by atoms with van der Waals surface area (Å²) < 4.78 is 11.1. The Labute approximate surface area is 141 Å². The van der Waals surface area contributed by atoms with Crippen molar-refractivity contribution in [3.63, 3.8) is 0 Å². The van der Waals surface area contributed by atoms with Gasteiger partial charge in [-0.3, -0.25) is 0 Å². The summed E-state index contributed by atoms with van der Waals surface area (Å²) in [4.78, 5) is 11.7. The van der Waals surface area contributed by atoms with Crippen LogP contribution in [0.4, 0.5) is 0 Å². The standard InChI is InChI=1S/C19H30O3Si/c1-8-9-15-10-11-17(18(20)21-5)14-16(15)12-13-22-23(6,7)19(2,3)4/h8,10-11,14H,1,9,12-13H2,2-7H3. The first-order valence-corrected chi connectivity index (χ1v) is 11.0. The fraction of sp³-hybridized carbons (Fsp3) is 0.526. The number of hydrogen-bond acceptors (Lipinski definition) is 3. The SMILES string of the molecule is C=CCc1ccc(C(=O)OC)cc1CCO[Si](C)(C)C(C)(C)C. The molecule has 4 heteroatoms. The van der Waals surface area contributed by atoms with Gasteiger partial charge < -0.3 is 9.16 Å². The highest BCUT2D eigenvalue weighted by Gasteiger charge is 2.36. The van der Waals surface area contributed by atoms with Crippen molar-refractivity contribution in [3.8, 4) is 0 Å². The molecule has 0 fully saturated rings. The van der Waals surface area contributed by atoms with Crippen LogP contribution in [0.15, 0.2) is 30.9 Å². The molecule has 1 aromatic rings. The molecule has 0 spiro atoms. The number of ether oxygens (including phenoxy) is 1. The van der Waals surface area contributed by atoms with E-state index in [1.807, 2.05) is 24.3 Å². The van der Waals surface area contributed by atoms with Crippen molar-refractivity contribution in [2.75, 3.05) is 13.7 Å². The molecular formula is C19H30O3Si. The number of benzene rings is 1. The zero-order valence-corrected chi connectivity index (χ0v) is 16.4. The van der Waals surface area contributed by atoms with Gasteiger partial charge in [-0.1, -0.05) is 32.9 Å². The number of carbonyl (C=O) groups excluding carboxylic acids is 1. The lowest BCUT2D eigenvalue weighted by molar-refractivity contribution is 0.0600. The molecule has 0 aromatic heterocycles. The lowest BCUT2D eigenvalue weighted by Gasteiger charge is -2.36. The Morgan fingerprint density at radius 2 is 1.91 bits per heavy atom. The Hall–Kier alpha value is -1.39. The predicted octanol–water partition coefficient (Wildman–Crippen LogP) is 4.77. The van der Waals surface area contributed by atoms with Crippen LogP contribution in [-0.2, 0) is 22.0 Å². The molecule has 1 rings (SSSR count). The number of rotatable bonds is 7. The van der Waals surface area contributed by atoms with Crippen LogP contribution in [0.2, 0.25) is 18.1 Å². The minimum absolute atomic E-state index is 0.199. The highest BCUT2D eigenvalue weighted by atomic mass is 28.4. The molecule has 0 saturated carbocycles. The summed E-state index contributed by atoms with van der Waals surface area (Å²) in [5.74, 6) is -0.304. The van der Waals surface area contributed by atoms with Gasteiger partial charge in [0.1, 0.15) is 0 Å². The van der Waals surface area contributed by atoms with Crippen LogP contribution in [0.25, 0.3) is 0 Å². The van der Waals surface area contributed by atoms with Crippen LogP contribution in [-0.4, -0.2) is 28.0 Å². The van der Waals surface area contributed by atoms with Gasteiger partial charge in [0.15, 0.2) is 8.32 Å². The van der Waals surface area contributed by atoms with E-state index in [0.717, 1.165) is 18.4 Å². The third-order valence-corrected chi connectivity index (χ3v) is 9.17. The predicted molar refractivity (Wildman–Crippen MR) is 98.5 cm³/mol. The number of carbonyl (C=O) groups is 1. The second kappa shape index (κ2) is 7.93. The number of methoxy groups -OCH3 is 1. The first-order chi connectivity index (χ1) is 10.6. The third kappa shape index (κ3) is 5.32. The van der Waals surface area contributed by atoms with Gasteiger partial charge in [-0.2, -0.15) is 0 Å². The first kappa shape index (κ1) is 19.7. The molecule has 128 valence electrons. The van der Waals surface area contributed by atoms with E-state index in [1.54, 1.807) is 0 Å². The van der Waals surface area contributed by atoms with Crippen molar-refractivity contribution in [3.05, 3.63) is 47.5 Å². The molecule has 0 saturated heterocycles. The second-order valence-corrected chi connectivity index (χ2v) is 12.1. The Balaban J connectivity index is 2.88. The highest BCUT2D eigenvalue weighted by Crippen LogP contribution is 2.36. The molecule has 0 amide bonds. The summed E-state index contributed by atoms with van der Waals surface area (Å²) in [5.41, 5.74) is 2.90. The largest absolute Gasteiger partial charge is 0.465 e. The molecule has 3 nitrogen and oxygen atoms in total. The van der Waals surface area contributed by atoms with Crippen LogP contribution in [0.3, 0.4) is 0 Å². The second-order valence-electron chi connectivity index (χ2n) is 7.33. The van der Waals surface area contributed by atoms with E-state index in [2.05, 4.69) is 40.4 Å². The van der Waals surface area contributed by atoms with Crippen LogP contribution in [0, 0.1) is 0 Å². The molecule has 0 unspecified atom stereocenters. The molecule has 0 bridgehead atoms. The van der Waals surface area contributed by atoms with Crippen LogP contribution < -0.4 is 0 Å². The van der Waals surface area contributed by atoms with Gasteiger partial charge in [-0.15, -0.1) is 6.58 Å². The lowest BCUT2D eigenvalue weighted by atomic mass is 9.99. The Kier molecular flexibility index (Phi) is 6.78. The zero-order chi connectivity index (χ0) is 17.7. The van der Waals surface area contributed by atoms with Gasteiger partial charge in [-0.25, -0.2) is 4.79 Å². The summed E-state index contributed by atoms with van der Waals surface area (Å²) in [7, 11) is -0.346. The van der Waals surface area contributed by atoms with Gasteiger partial charge >= 0.3 is 5.97 Å². The van der Waals surface area contributed by atoms with E-state index >= 15 is 0 Å². The Morgan fingerprint density at radius 1 is 1.26 bits per heavy atom. The molecule has 1 aromatic carbocycles. The summed E-state index contributed by atoms with van der Waals surface area (Å²) in [6.45, 7) is 15.7. The van der Waals surface area contributed by atoms with E-state index in [-0.39, 0.29) is 11.0 Å². The van der Waals surface area contributed by atoms with Crippen LogP contribution in [0.5, 0.6) is 0 Å². The summed E-state index contributed by atoms with van der Waals surface area (Å²) in [6, 6.07) is 5.71. The van der Waals surface area contributed by atoms with Crippen molar-refractivity contribution in [1.29, 1.82) is 0 Å². The molecule has 0 N–H and O–H groups in total. The molecule has 0 aliphatic heterocycles. The minimum atomic E-state index is -1.75. The highest BCUT2D eigenvalue weighted by molar-refractivity contribution is 6.74. The maximum absolute atomic E-state index is 11.7. The summed E-state index contributed by atoms with van der Waals surface area (Å²) in [5, 5.41) is 0.199. The molecule has 0 aliphatic carbocycles. The molecule has 0 aliphatic rings. The first-order valence-electron chi connectivity index (χ1n) is 8.07. The number of allylic oxidation sites excluding steroid dienone is 1. The van der Waals surface area contributed by atoms with E-state index in [4.69, 9.17) is 9.16 Å².